The molecule has 35 heavy (non-hydrogen) atoms. The van der Waals surface area contributed by atoms with E-state index in [-0.39, 0.29) is 35.9 Å². The third kappa shape index (κ3) is 4.90. The lowest BCUT2D eigenvalue weighted by Gasteiger charge is -2.11. The highest BCUT2D eigenvalue weighted by atomic mass is 19.4. The molecule has 3 aromatic heterocycles. The molecule has 0 saturated heterocycles. The summed E-state index contributed by atoms with van der Waals surface area (Å²) in [5.74, 6) is -0.518. The first-order valence-electron chi connectivity index (χ1n) is 10.2. The topological polar surface area (TPSA) is 129 Å². The van der Waals surface area contributed by atoms with Crippen molar-refractivity contribution < 1.29 is 27.6 Å². The number of ether oxygens (including phenoxy) is 1. The first-order chi connectivity index (χ1) is 16.6. The molecule has 0 aliphatic carbocycles. The second kappa shape index (κ2) is 9.04. The molecule has 0 spiro atoms. The predicted octanol–water partition coefficient (Wildman–Crippen LogP) is 3.27. The van der Waals surface area contributed by atoms with E-state index in [9.17, 15) is 28.1 Å². The molecule has 0 fully saturated rings. The Hall–Kier alpha value is -4.49. The Morgan fingerprint density at radius 2 is 1.89 bits per heavy atom. The van der Waals surface area contributed by atoms with Gasteiger partial charge in [0.1, 0.15) is 5.75 Å². The first-order valence-corrected chi connectivity index (χ1v) is 10.2. The van der Waals surface area contributed by atoms with Crippen molar-refractivity contribution in [2.75, 3.05) is 13.7 Å². The minimum absolute atomic E-state index is 0.0169. The molecule has 11 nitrogen and oxygen atoms in total. The van der Waals surface area contributed by atoms with Crippen LogP contribution in [0.15, 0.2) is 42.5 Å². The molecule has 4 rings (SSSR count). The van der Waals surface area contributed by atoms with Gasteiger partial charge < -0.3 is 20.2 Å². The number of amides is 1. The third-order valence-corrected chi connectivity index (χ3v) is 5.10. The van der Waals surface area contributed by atoms with Gasteiger partial charge in [-0.2, -0.15) is 23.0 Å². The van der Waals surface area contributed by atoms with Crippen molar-refractivity contribution in [3.8, 4) is 17.0 Å². The number of alkyl halides is 3. The number of aromatic nitrogens is 5. The molecule has 1 N–H and O–H groups in total. The van der Waals surface area contributed by atoms with Crippen molar-refractivity contribution in [1.29, 1.82) is 0 Å². The number of nitrogens with one attached hydrogen (secondary N) is 1. The van der Waals surface area contributed by atoms with Gasteiger partial charge in [-0.25, -0.2) is 9.50 Å². The number of rotatable bonds is 7. The highest BCUT2D eigenvalue weighted by Gasteiger charge is 2.35. The molecule has 0 aliphatic rings. The molecule has 182 valence electrons. The molecule has 0 aliphatic heterocycles. The Labute approximate surface area is 195 Å². The first kappa shape index (κ1) is 23.7. The van der Waals surface area contributed by atoms with Crippen LogP contribution in [-0.2, 0) is 12.7 Å². The number of carbonyl (C=O) groups is 1. The van der Waals surface area contributed by atoms with Gasteiger partial charge in [-0.1, -0.05) is 0 Å². The SMILES string of the molecule is COc1ccc(-c2cc(C(F)(F)F)n3nc(C(=O)NCCn4nc([N+](=O)[O-])cc4C)cc3n2)cc1. The molecule has 0 unspecified atom stereocenters. The summed E-state index contributed by atoms with van der Waals surface area (Å²) in [5, 5.41) is 20.9. The minimum atomic E-state index is -4.76. The fourth-order valence-electron chi connectivity index (χ4n) is 3.37. The van der Waals surface area contributed by atoms with Crippen LogP contribution in [0.5, 0.6) is 5.75 Å². The molecule has 1 aromatic carbocycles. The summed E-state index contributed by atoms with van der Waals surface area (Å²) in [6, 6.07) is 9.64. The summed E-state index contributed by atoms with van der Waals surface area (Å²) in [5.41, 5.74) is -0.521. The van der Waals surface area contributed by atoms with Crippen molar-refractivity contribution in [3.63, 3.8) is 0 Å². The average Bonchev–Trinajstić information content (AvgIpc) is 3.41. The van der Waals surface area contributed by atoms with E-state index in [0.717, 1.165) is 12.1 Å². The highest BCUT2D eigenvalue weighted by Crippen LogP contribution is 2.32. The van der Waals surface area contributed by atoms with Crippen molar-refractivity contribution in [1.82, 2.24) is 29.7 Å². The fourth-order valence-corrected chi connectivity index (χ4v) is 3.37. The quantitative estimate of drug-likeness (QED) is 0.312. The van der Waals surface area contributed by atoms with Gasteiger partial charge >= 0.3 is 12.0 Å². The Bertz CT molecular complexity index is 1410. The minimum Gasteiger partial charge on any atom is -0.497 e. The standard InChI is InChI=1S/C21H18F3N7O4/c1-12-9-19(31(33)34)28-29(12)8-7-25-20(32)16-11-18-26-15(13-3-5-14(35-2)6-4-13)10-17(21(22,23)24)30(18)27-16/h3-6,9-11H,7-8H2,1-2H3,(H,25,32). The summed E-state index contributed by atoms with van der Waals surface area (Å²) in [7, 11) is 1.47. The van der Waals surface area contributed by atoms with E-state index in [2.05, 4.69) is 20.5 Å². The van der Waals surface area contributed by atoms with Crippen LogP contribution in [0, 0.1) is 17.0 Å². The smallest absolute Gasteiger partial charge is 0.433 e. The maximum absolute atomic E-state index is 13.8. The zero-order valence-electron chi connectivity index (χ0n) is 18.4. The number of halogens is 3. The van der Waals surface area contributed by atoms with Crippen LogP contribution in [0.25, 0.3) is 16.9 Å². The summed E-state index contributed by atoms with van der Waals surface area (Å²) >= 11 is 0. The van der Waals surface area contributed by atoms with Crippen LogP contribution in [-0.4, -0.2) is 48.9 Å². The van der Waals surface area contributed by atoms with E-state index in [4.69, 9.17) is 4.74 Å². The second-order valence-electron chi connectivity index (χ2n) is 7.43. The summed E-state index contributed by atoms with van der Waals surface area (Å²) in [6.07, 6.45) is -4.76. The van der Waals surface area contributed by atoms with Gasteiger partial charge in [-0.05, 0) is 42.2 Å². The van der Waals surface area contributed by atoms with Gasteiger partial charge in [0.25, 0.3) is 5.91 Å². The number of fused-ring (bicyclic) bond motifs is 1. The van der Waals surface area contributed by atoms with Crippen molar-refractivity contribution in [2.24, 2.45) is 0 Å². The van der Waals surface area contributed by atoms with Crippen LogP contribution in [0.2, 0.25) is 0 Å². The molecule has 0 radical (unpaired) electrons. The van der Waals surface area contributed by atoms with Crippen LogP contribution < -0.4 is 10.1 Å². The van der Waals surface area contributed by atoms with E-state index >= 15 is 0 Å². The maximum atomic E-state index is 13.8. The number of carbonyl (C=O) groups excluding carboxylic acids is 1. The monoisotopic (exact) mass is 489 g/mol. The summed E-state index contributed by atoms with van der Waals surface area (Å²) in [4.78, 5) is 27.0. The van der Waals surface area contributed by atoms with E-state index < -0.39 is 22.7 Å². The van der Waals surface area contributed by atoms with E-state index in [1.54, 1.807) is 31.2 Å². The highest BCUT2D eigenvalue weighted by molar-refractivity contribution is 5.93. The molecule has 1 amide bonds. The third-order valence-electron chi connectivity index (χ3n) is 5.10. The lowest BCUT2D eigenvalue weighted by atomic mass is 10.1. The van der Waals surface area contributed by atoms with E-state index in [1.165, 1.54) is 17.9 Å². The summed E-state index contributed by atoms with van der Waals surface area (Å²) in [6.45, 7) is 1.75. The molecule has 0 bridgehead atoms. The van der Waals surface area contributed by atoms with Crippen molar-refractivity contribution >= 4 is 17.4 Å². The molecule has 0 atom stereocenters. The molecular weight excluding hydrogens is 471 g/mol. The Morgan fingerprint density at radius 1 is 1.17 bits per heavy atom. The Morgan fingerprint density at radius 3 is 2.49 bits per heavy atom. The number of hydrogen-bond acceptors (Lipinski definition) is 7. The zero-order chi connectivity index (χ0) is 25.3. The average molecular weight is 489 g/mol. The number of hydrogen-bond donors (Lipinski definition) is 1. The number of methoxy groups -OCH3 is 1. The number of nitro groups is 1. The van der Waals surface area contributed by atoms with Gasteiger partial charge in [-0.15, -0.1) is 0 Å². The second-order valence-corrected chi connectivity index (χ2v) is 7.43. The van der Waals surface area contributed by atoms with Gasteiger partial charge in [0.05, 0.1) is 36.2 Å². The van der Waals surface area contributed by atoms with Crippen LogP contribution in [0.3, 0.4) is 0 Å². The normalized spacial score (nSPS) is 11.6. The van der Waals surface area contributed by atoms with Gasteiger partial charge in [0, 0.05) is 18.2 Å². The molecular formula is C21H18F3N7O4. The number of aryl methyl sites for hydroxylation is 1. The summed E-state index contributed by atoms with van der Waals surface area (Å²) < 4.78 is 48.3. The van der Waals surface area contributed by atoms with Crippen molar-refractivity contribution in [2.45, 2.75) is 19.6 Å². The number of benzene rings is 1. The largest absolute Gasteiger partial charge is 0.497 e. The van der Waals surface area contributed by atoms with Gasteiger partial charge in [0.2, 0.25) is 0 Å². The zero-order valence-corrected chi connectivity index (χ0v) is 18.4. The number of nitrogens with zero attached hydrogens (tertiary/aromatic N) is 6. The van der Waals surface area contributed by atoms with Crippen LogP contribution >= 0.6 is 0 Å². The molecule has 0 saturated carbocycles. The predicted molar refractivity (Wildman–Crippen MR) is 116 cm³/mol. The van der Waals surface area contributed by atoms with E-state index in [1.807, 2.05) is 0 Å². The molecule has 4 aromatic rings. The van der Waals surface area contributed by atoms with E-state index in [0.29, 0.717) is 21.5 Å². The fraction of sp³-hybridized carbons (Fsp3) is 0.238. The Balaban J connectivity index is 1.58. The lowest BCUT2D eigenvalue weighted by molar-refractivity contribution is -0.389. The van der Waals surface area contributed by atoms with Gasteiger partial charge in [0.15, 0.2) is 17.0 Å². The molecule has 3 heterocycles. The molecule has 14 heteroatoms. The maximum Gasteiger partial charge on any atom is 0.433 e. The van der Waals surface area contributed by atoms with Crippen LogP contribution in [0.4, 0.5) is 19.0 Å². The van der Waals surface area contributed by atoms with Crippen molar-refractivity contribution in [3.05, 3.63) is 69.7 Å². The lowest BCUT2D eigenvalue weighted by Crippen LogP contribution is -2.28. The van der Waals surface area contributed by atoms with Gasteiger partial charge in [-0.3, -0.25) is 4.79 Å². The Kier molecular flexibility index (Phi) is 6.11. The van der Waals surface area contributed by atoms with Crippen LogP contribution in [0.1, 0.15) is 21.9 Å².